The minimum Gasteiger partial charge on any atom is -0.466 e. The molecule has 0 unspecified atom stereocenters. The molecule has 0 aromatic rings. The van der Waals surface area contributed by atoms with Crippen molar-refractivity contribution in [1.29, 1.82) is 0 Å². The zero-order valence-corrected chi connectivity index (χ0v) is 16.7. The van der Waals surface area contributed by atoms with Gasteiger partial charge < -0.3 is 19.3 Å². The Balaban J connectivity index is 2.53. The van der Waals surface area contributed by atoms with Gasteiger partial charge in [0.1, 0.15) is 5.60 Å². The van der Waals surface area contributed by atoms with Gasteiger partial charge in [0.2, 0.25) is 0 Å². The second-order valence-corrected chi connectivity index (χ2v) is 7.70. The number of carbonyl (C=O) groups excluding carboxylic acids is 3. The molecule has 0 spiro atoms. The maximum absolute atomic E-state index is 12.9. The van der Waals surface area contributed by atoms with Gasteiger partial charge in [-0.3, -0.25) is 9.80 Å². The van der Waals surface area contributed by atoms with E-state index in [1.54, 1.807) is 27.7 Å². The van der Waals surface area contributed by atoms with Gasteiger partial charge in [-0.2, -0.15) is 0 Å². The monoisotopic (exact) mass is 384 g/mol. The van der Waals surface area contributed by atoms with E-state index in [4.69, 9.17) is 14.2 Å². The van der Waals surface area contributed by atoms with Crippen LogP contribution in [0.1, 0.15) is 53.9 Å². The Morgan fingerprint density at radius 3 is 2.41 bits per heavy atom. The fourth-order valence-corrected chi connectivity index (χ4v) is 3.95. The summed E-state index contributed by atoms with van der Waals surface area (Å²) in [5, 5.41) is 12.6. The van der Waals surface area contributed by atoms with Crippen molar-refractivity contribution in [2.45, 2.75) is 65.2 Å². The lowest BCUT2D eigenvalue weighted by Crippen LogP contribution is -2.61. The number of nitrogens with one attached hydrogen (secondary N) is 1. The van der Waals surface area contributed by atoms with Crippen LogP contribution >= 0.6 is 0 Å². The number of nitrogens with zero attached hydrogens (tertiary/aromatic N) is 1. The van der Waals surface area contributed by atoms with Crippen molar-refractivity contribution in [3.8, 4) is 0 Å². The number of methoxy groups -OCH3 is 1. The van der Waals surface area contributed by atoms with Gasteiger partial charge in [-0.15, -0.1) is 0 Å². The molecule has 0 radical (unpaired) electrons. The van der Waals surface area contributed by atoms with Crippen molar-refractivity contribution in [1.82, 2.24) is 10.4 Å². The molecule has 2 rings (SSSR count). The second kappa shape index (κ2) is 7.03. The molecule has 1 fully saturated rings. The molecule has 1 heterocycles. The number of carbonyl (C=O) groups is 3. The van der Waals surface area contributed by atoms with Gasteiger partial charge in [0.15, 0.2) is 11.1 Å². The number of allylic oxidation sites excluding steroid dienone is 1. The molecule has 0 aromatic carbocycles. The van der Waals surface area contributed by atoms with Crippen molar-refractivity contribution in [3.05, 3.63) is 11.3 Å². The summed E-state index contributed by atoms with van der Waals surface area (Å²) in [6.45, 7) is 8.36. The zero-order valence-electron chi connectivity index (χ0n) is 16.7. The lowest BCUT2D eigenvalue weighted by Gasteiger charge is -2.41. The maximum atomic E-state index is 12.9. The number of hydrazine groups is 1. The van der Waals surface area contributed by atoms with Crippen LogP contribution in [0, 0.1) is 5.41 Å². The summed E-state index contributed by atoms with van der Waals surface area (Å²) in [4.78, 5) is 37.7. The molecule has 2 aliphatic rings. The number of rotatable bonds is 4. The number of esters is 2. The molecule has 152 valence electrons. The van der Waals surface area contributed by atoms with Crippen LogP contribution in [0.25, 0.3) is 0 Å². The molecule has 2 atom stereocenters. The van der Waals surface area contributed by atoms with Crippen LogP contribution in [-0.4, -0.2) is 53.2 Å². The minimum absolute atomic E-state index is 0.0143. The first-order chi connectivity index (χ1) is 12.4. The van der Waals surface area contributed by atoms with Gasteiger partial charge in [0, 0.05) is 5.70 Å². The molecular formula is C18H28N2O7. The van der Waals surface area contributed by atoms with Crippen LogP contribution in [0.5, 0.6) is 0 Å². The quantitative estimate of drug-likeness (QED) is 0.555. The van der Waals surface area contributed by atoms with Crippen molar-refractivity contribution < 1.29 is 33.7 Å². The summed E-state index contributed by atoms with van der Waals surface area (Å²) in [5.74, 6) is -1.48. The highest BCUT2D eigenvalue weighted by atomic mass is 16.6. The predicted molar refractivity (Wildman–Crippen MR) is 93.8 cm³/mol. The van der Waals surface area contributed by atoms with Gasteiger partial charge in [0.25, 0.3) is 0 Å². The average molecular weight is 384 g/mol. The standard InChI is InChI=1S/C18H28N2O7/c1-7-26-14(22)17-9-8-10-18(17,24)20(11(2)12(17)13(21)25-6)19-15(23)27-16(3,4)5/h24H,7-10H2,1-6H3,(H,19,23)/t17-,18-/m0/s1. The highest BCUT2D eigenvalue weighted by Gasteiger charge is 2.72. The summed E-state index contributed by atoms with van der Waals surface area (Å²) >= 11 is 0. The molecular weight excluding hydrogens is 356 g/mol. The van der Waals surface area contributed by atoms with Gasteiger partial charge in [0.05, 0.1) is 19.3 Å². The third kappa shape index (κ3) is 3.24. The Morgan fingerprint density at radius 1 is 1.26 bits per heavy atom. The summed E-state index contributed by atoms with van der Waals surface area (Å²) in [5.41, 5.74) is -1.59. The SMILES string of the molecule is CCOC(=O)[C@@]12CCC[C@@]1(O)N(NC(=O)OC(C)(C)C)C(C)=C2C(=O)OC. The summed E-state index contributed by atoms with van der Waals surface area (Å²) < 4.78 is 15.3. The second-order valence-electron chi connectivity index (χ2n) is 7.70. The van der Waals surface area contributed by atoms with E-state index in [2.05, 4.69) is 5.43 Å². The van der Waals surface area contributed by atoms with Crippen LogP contribution in [0.4, 0.5) is 4.79 Å². The summed E-state index contributed by atoms with van der Waals surface area (Å²) in [7, 11) is 1.19. The Morgan fingerprint density at radius 2 is 1.89 bits per heavy atom. The molecule has 9 heteroatoms. The third-order valence-corrected chi connectivity index (χ3v) is 4.87. The molecule has 2 N–H and O–H groups in total. The molecule has 0 bridgehead atoms. The van der Waals surface area contributed by atoms with Crippen molar-refractivity contribution in [3.63, 3.8) is 0 Å². The van der Waals surface area contributed by atoms with Crippen molar-refractivity contribution in [2.24, 2.45) is 5.41 Å². The fourth-order valence-electron chi connectivity index (χ4n) is 3.95. The highest BCUT2D eigenvalue weighted by molar-refractivity contribution is 6.01. The Kier molecular flexibility index (Phi) is 5.47. The lowest BCUT2D eigenvalue weighted by atomic mass is 9.75. The van der Waals surface area contributed by atoms with E-state index in [0.717, 1.165) is 5.01 Å². The topological polar surface area (TPSA) is 114 Å². The Hall–Kier alpha value is -2.29. The number of hydrogen-bond donors (Lipinski definition) is 2. The first kappa shape index (κ1) is 21.0. The normalized spacial score (nSPS) is 27.3. The zero-order chi connectivity index (χ0) is 20.6. The molecule has 27 heavy (non-hydrogen) atoms. The van der Waals surface area contributed by atoms with Crippen LogP contribution in [0.3, 0.4) is 0 Å². The fraction of sp³-hybridized carbons (Fsp3) is 0.722. The van der Waals surface area contributed by atoms with E-state index in [1.807, 2.05) is 0 Å². The molecule has 9 nitrogen and oxygen atoms in total. The smallest absolute Gasteiger partial charge is 0.426 e. The van der Waals surface area contributed by atoms with E-state index >= 15 is 0 Å². The van der Waals surface area contributed by atoms with Gasteiger partial charge >= 0.3 is 18.0 Å². The van der Waals surface area contributed by atoms with E-state index < -0.39 is 34.8 Å². The molecule has 1 amide bonds. The first-order valence-corrected chi connectivity index (χ1v) is 8.93. The lowest BCUT2D eigenvalue weighted by molar-refractivity contribution is -0.188. The highest BCUT2D eigenvalue weighted by Crippen LogP contribution is 2.59. The number of aliphatic hydroxyl groups is 1. The maximum Gasteiger partial charge on any atom is 0.426 e. The Bertz CT molecular complexity index is 682. The van der Waals surface area contributed by atoms with Crippen molar-refractivity contribution in [2.75, 3.05) is 13.7 Å². The average Bonchev–Trinajstić information content (AvgIpc) is 2.97. The first-order valence-electron chi connectivity index (χ1n) is 8.93. The molecule has 1 aliphatic heterocycles. The third-order valence-electron chi connectivity index (χ3n) is 4.87. The van der Waals surface area contributed by atoms with Crippen LogP contribution in [-0.2, 0) is 23.8 Å². The van der Waals surface area contributed by atoms with Gasteiger partial charge in [-0.05, 0) is 53.9 Å². The van der Waals surface area contributed by atoms with Crippen molar-refractivity contribution >= 4 is 18.0 Å². The number of hydrogen-bond acceptors (Lipinski definition) is 8. The van der Waals surface area contributed by atoms with E-state index in [-0.39, 0.29) is 30.7 Å². The number of fused-ring (bicyclic) bond motifs is 1. The largest absolute Gasteiger partial charge is 0.466 e. The minimum atomic E-state index is -1.86. The molecule has 0 saturated heterocycles. The molecule has 0 aromatic heterocycles. The number of amides is 1. The van der Waals surface area contributed by atoms with Crippen LogP contribution < -0.4 is 5.43 Å². The van der Waals surface area contributed by atoms with Gasteiger partial charge in [-0.1, -0.05) is 0 Å². The van der Waals surface area contributed by atoms with E-state index in [0.29, 0.717) is 6.42 Å². The predicted octanol–water partition coefficient (Wildman–Crippen LogP) is 1.61. The molecule has 1 saturated carbocycles. The van der Waals surface area contributed by atoms with Crippen LogP contribution in [0.2, 0.25) is 0 Å². The van der Waals surface area contributed by atoms with Crippen LogP contribution in [0.15, 0.2) is 11.3 Å². The summed E-state index contributed by atoms with van der Waals surface area (Å²) in [6, 6.07) is 0. The summed E-state index contributed by atoms with van der Waals surface area (Å²) in [6.07, 6.45) is -0.0166. The van der Waals surface area contributed by atoms with E-state index in [1.165, 1.54) is 14.0 Å². The Labute approximate surface area is 158 Å². The number of ether oxygens (including phenoxy) is 3. The van der Waals surface area contributed by atoms with E-state index in [9.17, 15) is 19.5 Å². The molecule has 1 aliphatic carbocycles. The van der Waals surface area contributed by atoms with Gasteiger partial charge in [-0.25, -0.2) is 15.0 Å².